The summed E-state index contributed by atoms with van der Waals surface area (Å²) in [6.07, 6.45) is 10.9. The average molecular weight is 624 g/mol. The Morgan fingerprint density at radius 2 is 1.93 bits per heavy atom. The largest absolute Gasteiger partial charge is 0.481 e. The number of halogens is 1. The fraction of sp³-hybridized carbons (Fsp3) is 0.297. The van der Waals surface area contributed by atoms with Crippen molar-refractivity contribution in [2.24, 2.45) is 5.41 Å². The van der Waals surface area contributed by atoms with Gasteiger partial charge in [0.1, 0.15) is 4.70 Å². The monoisotopic (exact) mass is 623 g/mol. The van der Waals surface area contributed by atoms with Crippen LogP contribution in [-0.4, -0.2) is 17.6 Å². The van der Waals surface area contributed by atoms with Crippen LogP contribution in [0.4, 0.5) is 5.69 Å². The first kappa shape index (κ1) is 28.9. The summed E-state index contributed by atoms with van der Waals surface area (Å²) in [6.45, 7) is 6.08. The highest BCUT2D eigenvalue weighted by Gasteiger charge is 2.37. The smallest absolute Gasteiger partial charge is 0.305 e. The van der Waals surface area contributed by atoms with Crippen LogP contribution >= 0.6 is 22.9 Å². The molecule has 3 heterocycles. The van der Waals surface area contributed by atoms with Gasteiger partial charge in [0.2, 0.25) is 16.4 Å². The van der Waals surface area contributed by atoms with E-state index in [9.17, 15) is 9.90 Å². The summed E-state index contributed by atoms with van der Waals surface area (Å²) in [5.41, 5.74) is 7.27. The molecule has 3 aromatic carbocycles. The predicted octanol–water partition coefficient (Wildman–Crippen LogP) is 9.27. The highest BCUT2D eigenvalue weighted by atomic mass is 35.5. The zero-order chi connectivity index (χ0) is 30.4. The minimum absolute atomic E-state index is 0.0225. The number of carbonyl (C=O) groups is 1. The summed E-state index contributed by atoms with van der Waals surface area (Å²) < 4.78 is 10.1. The topological polar surface area (TPSA) is 53.7 Å². The van der Waals surface area contributed by atoms with Crippen molar-refractivity contribution in [2.45, 2.75) is 58.4 Å². The van der Waals surface area contributed by atoms with Crippen LogP contribution in [0, 0.1) is 5.41 Å². The first-order chi connectivity index (χ1) is 21.2. The normalized spacial score (nSPS) is 20.6. The van der Waals surface area contributed by atoms with Gasteiger partial charge in [0.25, 0.3) is 0 Å². The molecule has 1 aromatic heterocycles. The Morgan fingerprint density at radius 3 is 2.75 bits per heavy atom. The number of aliphatic carboxylic acids is 1. The van der Waals surface area contributed by atoms with Crippen LogP contribution in [0.15, 0.2) is 102 Å². The molecular formula is C37H36ClN2O3S+. The fourth-order valence-corrected chi connectivity index (χ4v) is 8.48. The number of thiazole rings is 1. The van der Waals surface area contributed by atoms with Gasteiger partial charge < -0.3 is 14.7 Å². The second-order valence-corrected chi connectivity index (χ2v) is 14.4. The molecule has 0 saturated heterocycles. The minimum Gasteiger partial charge on any atom is -0.481 e. The SMILES string of the molecule is CC1(C)CC(CC2CC[n+]3c2sc2ccc(Cl)cc23)=C/C(=C\C=C2/Oc3ccc(-c4ccccc4)cc3N2CCC(=O)O)C1. The van der Waals surface area contributed by atoms with Gasteiger partial charge in [0.15, 0.2) is 12.3 Å². The molecule has 44 heavy (non-hydrogen) atoms. The lowest BCUT2D eigenvalue weighted by molar-refractivity contribution is -0.660. The third-order valence-corrected chi connectivity index (χ3v) is 10.4. The van der Waals surface area contributed by atoms with E-state index in [-0.39, 0.29) is 11.8 Å². The second kappa shape index (κ2) is 11.6. The highest BCUT2D eigenvalue weighted by Crippen LogP contribution is 2.45. The average Bonchev–Trinajstić information content (AvgIpc) is 3.66. The fourth-order valence-electron chi connectivity index (χ4n) is 7.01. The van der Waals surface area contributed by atoms with Crippen molar-refractivity contribution < 1.29 is 19.2 Å². The van der Waals surface area contributed by atoms with Crippen molar-refractivity contribution in [1.29, 1.82) is 0 Å². The van der Waals surface area contributed by atoms with Gasteiger partial charge in [-0.15, -0.1) is 0 Å². The van der Waals surface area contributed by atoms with E-state index in [1.807, 2.05) is 52.6 Å². The molecule has 0 spiro atoms. The van der Waals surface area contributed by atoms with Gasteiger partial charge in [-0.1, -0.05) is 90.9 Å². The van der Waals surface area contributed by atoms with E-state index in [1.54, 1.807) is 0 Å². The Bertz CT molecular complexity index is 1850. The summed E-state index contributed by atoms with van der Waals surface area (Å²) in [6, 6.07) is 22.6. The van der Waals surface area contributed by atoms with Crippen LogP contribution in [0.2, 0.25) is 5.02 Å². The van der Waals surface area contributed by atoms with Gasteiger partial charge in [0.05, 0.1) is 18.0 Å². The number of nitrogens with zero attached hydrogens (tertiary/aromatic N) is 2. The van der Waals surface area contributed by atoms with E-state index in [1.165, 1.54) is 26.4 Å². The van der Waals surface area contributed by atoms with E-state index in [4.69, 9.17) is 16.3 Å². The van der Waals surface area contributed by atoms with E-state index in [0.717, 1.165) is 59.8 Å². The third kappa shape index (κ3) is 5.81. The van der Waals surface area contributed by atoms with Crippen LogP contribution in [0.1, 0.15) is 56.9 Å². The molecule has 1 aliphatic carbocycles. The number of hydrogen-bond donors (Lipinski definition) is 1. The van der Waals surface area contributed by atoms with Crippen LogP contribution in [0.5, 0.6) is 5.75 Å². The molecule has 2 aliphatic heterocycles. The lowest BCUT2D eigenvalue weighted by Crippen LogP contribution is -2.30. The molecule has 1 N–H and O–H groups in total. The van der Waals surface area contributed by atoms with E-state index >= 15 is 0 Å². The van der Waals surface area contributed by atoms with Gasteiger partial charge in [0, 0.05) is 24.1 Å². The van der Waals surface area contributed by atoms with E-state index in [0.29, 0.717) is 18.3 Å². The number of hydrogen-bond acceptors (Lipinski definition) is 4. The van der Waals surface area contributed by atoms with Gasteiger partial charge >= 0.3 is 5.97 Å². The number of aryl methyl sites for hydroxylation is 1. The van der Waals surface area contributed by atoms with Gasteiger partial charge in [-0.2, -0.15) is 4.57 Å². The number of rotatable bonds is 7. The molecule has 0 fully saturated rings. The van der Waals surface area contributed by atoms with Crippen molar-refractivity contribution >= 4 is 44.8 Å². The first-order valence-electron chi connectivity index (χ1n) is 15.3. The number of anilines is 1. The zero-order valence-electron chi connectivity index (χ0n) is 25.1. The number of aromatic nitrogens is 1. The summed E-state index contributed by atoms with van der Waals surface area (Å²) in [4.78, 5) is 13.5. The van der Waals surface area contributed by atoms with Crippen LogP contribution < -0.4 is 14.2 Å². The van der Waals surface area contributed by atoms with Crippen LogP contribution in [0.25, 0.3) is 21.3 Å². The first-order valence-corrected chi connectivity index (χ1v) is 16.5. The highest BCUT2D eigenvalue weighted by molar-refractivity contribution is 7.18. The number of carboxylic acid groups (broad SMARTS) is 1. The molecule has 0 saturated carbocycles. The molecule has 0 radical (unpaired) electrons. The molecule has 5 nitrogen and oxygen atoms in total. The molecule has 3 aliphatic rings. The second-order valence-electron chi connectivity index (χ2n) is 12.9. The molecule has 7 rings (SSSR count). The molecule has 1 atom stereocenters. The van der Waals surface area contributed by atoms with Gasteiger partial charge in [-0.3, -0.25) is 4.79 Å². The molecular weight excluding hydrogens is 588 g/mol. The summed E-state index contributed by atoms with van der Waals surface area (Å²) in [5, 5.41) is 11.7. The number of carboxylic acids is 1. The van der Waals surface area contributed by atoms with Crippen molar-refractivity contribution in [2.75, 3.05) is 11.4 Å². The lowest BCUT2D eigenvalue weighted by atomic mass is 9.73. The van der Waals surface area contributed by atoms with E-state index < -0.39 is 5.97 Å². The zero-order valence-corrected chi connectivity index (χ0v) is 26.6. The minimum atomic E-state index is -0.827. The molecule has 0 bridgehead atoms. The maximum Gasteiger partial charge on any atom is 0.305 e. The van der Waals surface area contributed by atoms with Crippen LogP contribution in [-0.2, 0) is 11.3 Å². The van der Waals surface area contributed by atoms with Crippen molar-refractivity contribution in [3.05, 3.63) is 112 Å². The van der Waals surface area contributed by atoms with Crippen molar-refractivity contribution in [3.8, 4) is 16.9 Å². The van der Waals surface area contributed by atoms with Crippen molar-refractivity contribution in [3.63, 3.8) is 0 Å². The lowest BCUT2D eigenvalue weighted by Gasteiger charge is -2.32. The quantitative estimate of drug-likeness (QED) is 0.208. The van der Waals surface area contributed by atoms with Crippen molar-refractivity contribution in [1.82, 2.24) is 0 Å². The Morgan fingerprint density at radius 1 is 1.09 bits per heavy atom. The Kier molecular flexibility index (Phi) is 7.59. The summed E-state index contributed by atoms with van der Waals surface area (Å²) in [5.74, 6) is 1.10. The maximum absolute atomic E-state index is 11.5. The standard InChI is InChI=1S/C37H35ClN2O3S/c1-37(2)22-24(18-25(23-37)19-28-14-16-40-31-21-29(38)10-12-33(31)44-36(28)40)8-13-34-39(17-15-35(41)42)30-20-27(9-11-32(30)43-34)26-6-4-3-5-7-26/h3-13,18,20-21,28H,14-17,19,22-23H2,1-2H3/p+1/b24-8+,34-13-. The predicted molar refractivity (Wildman–Crippen MR) is 178 cm³/mol. The number of ether oxygens (including phenoxy) is 1. The Balaban J connectivity index is 1.16. The molecule has 4 aromatic rings. The van der Waals surface area contributed by atoms with Gasteiger partial charge in [-0.05, 0) is 71.7 Å². The van der Waals surface area contributed by atoms with Gasteiger partial charge in [-0.25, -0.2) is 0 Å². The Labute approximate surface area is 267 Å². The Hall–Kier alpha value is -3.87. The van der Waals surface area contributed by atoms with Crippen LogP contribution in [0.3, 0.4) is 0 Å². The number of fused-ring (bicyclic) bond motifs is 4. The molecule has 224 valence electrons. The number of allylic oxidation sites excluding steroid dienone is 5. The molecule has 7 heteroatoms. The molecule has 0 amide bonds. The third-order valence-electron chi connectivity index (χ3n) is 8.86. The molecule has 1 unspecified atom stereocenters. The number of benzene rings is 3. The summed E-state index contributed by atoms with van der Waals surface area (Å²) >= 11 is 8.23. The maximum atomic E-state index is 11.5. The summed E-state index contributed by atoms with van der Waals surface area (Å²) in [7, 11) is 0. The van der Waals surface area contributed by atoms with E-state index in [2.05, 4.69) is 67.0 Å².